The topological polar surface area (TPSA) is 61.2 Å². The molecule has 104 valence electrons. The number of nitriles is 1. The van der Waals surface area contributed by atoms with Crippen LogP contribution in [0, 0.1) is 31.1 Å². The van der Waals surface area contributed by atoms with Gasteiger partial charge < -0.3 is 0 Å². The highest BCUT2D eigenvalue weighted by Crippen LogP contribution is 2.21. The molecule has 0 saturated heterocycles. The second-order valence-corrected chi connectivity index (χ2v) is 6.66. The highest BCUT2D eigenvalue weighted by molar-refractivity contribution is 7.89. The van der Waals surface area contributed by atoms with Crippen molar-refractivity contribution in [2.45, 2.75) is 32.6 Å². The molecule has 0 heterocycles. The zero-order valence-electron chi connectivity index (χ0n) is 11.8. The van der Waals surface area contributed by atoms with Crippen LogP contribution in [0.1, 0.15) is 25.0 Å². The Morgan fingerprint density at radius 1 is 1.37 bits per heavy atom. The van der Waals surface area contributed by atoms with Crippen LogP contribution in [-0.2, 0) is 10.0 Å². The zero-order valence-corrected chi connectivity index (χ0v) is 12.7. The molecule has 19 heavy (non-hydrogen) atoms. The molecule has 1 atom stereocenters. The third kappa shape index (κ3) is 3.55. The molecule has 0 aliphatic carbocycles. The predicted molar refractivity (Wildman–Crippen MR) is 75.1 cm³/mol. The maximum Gasteiger partial charge on any atom is 0.243 e. The fraction of sp³-hybridized carbons (Fsp3) is 0.500. The fourth-order valence-corrected chi connectivity index (χ4v) is 3.72. The van der Waals surface area contributed by atoms with Gasteiger partial charge in [0.15, 0.2) is 0 Å². The third-order valence-corrected chi connectivity index (χ3v) is 5.09. The van der Waals surface area contributed by atoms with E-state index in [1.54, 1.807) is 26.8 Å². The SMILES string of the molecule is CCN(CC(C)C#N)S(=O)(=O)c1cc(C)ccc1C. The van der Waals surface area contributed by atoms with Gasteiger partial charge in [0.05, 0.1) is 16.9 Å². The Morgan fingerprint density at radius 2 is 2.00 bits per heavy atom. The van der Waals surface area contributed by atoms with Gasteiger partial charge in [0, 0.05) is 13.1 Å². The Morgan fingerprint density at radius 3 is 2.53 bits per heavy atom. The summed E-state index contributed by atoms with van der Waals surface area (Å²) in [6.45, 7) is 7.75. The van der Waals surface area contributed by atoms with Crippen molar-refractivity contribution < 1.29 is 8.42 Å². The van der Waals surface area contributed by atoms with E-state index in [1.807, 2.05) is 19.1 Å². The maximum atomic E-state index is 12.6. The lowest BCUT2D eigenvalue weighted by atomic mass is 10.2. The number of aryl methyl sites for hydroxylation is 2. The first-order valence-corrected chi connectivity index (χ1v) is 7.74. The van der Waals surface area contributed by atoms with Crippen LogP contribution >= 0.6 is 0 Å². The predicted octanol–water partition coefficient (Wildman–Crippen LogP) is 2.47. The first-order valence-electron chi connectivity index (χ1n) is 6.30. The Kier molecular flexibility index (Phi) is 5.10. The molecule has 0 aliphatic heterocycles. The molecule has 5 heteroatoms. The van der Waals surface area contributed by atoms with Gasteiger partial charge in [0.1, 0.15) is 0 Å². The summed E-state index contributed by atoms with van der Waals surface area (Å²) in [6, 6.07) is 7.46. The standard InChI is InChI=1S/C14H20N2O2S/c1-5-16(10-12(3)9-15)19(17,18)14-8-11(2)6-7-13(14)4/h6-8,12H,5,10H2,1-4H3. The minimum Gasteiger partial charge on any atom is -0.207 e. The molecule has 1 aromatic carbocycles. The lowest BCUT2D eigenvalue weighted by molar-refractivity contribution is 0.399. The first-order chi connectivity index (χ1) is 8.82. The lowest BCUT2D eigenvalue weighted by Gasteiger charge is -2.22. The third-order valence-electron chi connectivity index (χ3n) is 3.01. The summed E-state index contributed by atoms with van der Waals surface area (Å²) >= 11 is 0. The fourth-order valence-electron chi connectivity index (χ4n) is 1.87. The summed E-state index contributed by atoms with van der Waals surface area (Å²) in [5, 5.41) is 8.84. The highest BCUT2D eigenvalue weighted by Gasteiger charge is 2.26. The zero-order chi connectivity index (χ0) is 14.6. The molecule has 0 bridgehead atoms. The monoisotopic (exact) mass is 280 g/mol. The molecule has 0 N–H and O–H groups in total. The van der Waals surface area contributed by atoms with Gasteiger partial charge in [-0.25, -0.2) is 8.42 Å². The van der Waals surface area contributed by atoms with Gasteiger partial charge in [-0.15, -0.1) is 0 Å². The number of hydrogen-bond acceptors (Lipinski definition) is 3. The smallest absolute Gasteiger partial charge is 0.207 e. The average Bonchev–Trinajstić information content (AvgIpc) is 2.37. The van der Waals surface area contributed by atoms with Crippen LogP contribution in [0.4, 0.5) is 0 Å². The van der Waals surface area contributed by atoms with Gasteiger partial charge in [-0.2, -0.15) is 9.57 Å². The Hall–Kier alpha value is -1.38. The van der Waals surface area contributed by atoms with Crippen molar-refractivity contribution in [1.29, 1.82) is 5.26 Å². The van der Waals surface area contributed by atoms with Crippen LogP contribution in [0.15, 0.2) is 23.1 Å². The van der Waals surface area contributed by atoms with E-state index in [4.69, 9.17) is 5.26 Å². The number of benzene rings is 1. The van der Waals surface area contributed by atoms with Gasteiger partial charge in [-0.1, -0.05) is 19.1 Å². The molecule has 1 rings (SSSR count). The molecule has 0 amide bonds. The van der Waals surface area contributed by atoms with Gasteiger partial charge in [-0.3, -0.25) is 0 Å². The van der Waals surface area contributed by atoms with E-state index >= 15 is 0 Å². The quantitative estimate of drug-likeness (QED) is 0.832. The van der Waals surface area contributed by atoms with Crippen molar-refractivity contribution in [2.75, 3.05) is 13.1 Å². The Bertz CT molecular complexity index is 588. The van der Waals surface area contributed by atoms with E-state index in [1.165, 1.54) is 4.31 Å². The second-order valence-electron chi connectivity index (χ2n) is 4.75. The number of sulfonamides is 1. The number of hydrogen-bond donors (Lipinski definition) is 0. The van der Waals surface area contributed by atoms with Crippen molar-refractivity contribution in [2.24, 2.45) is 5.92 Å². The average molecular weight is 280 g/mol. The summed E-state index contributed by atoms with van der Waals surface area (Å²) in [6.07, 6.45) is 0. The van der Waals surface area contributed by atoms with Crippen LogP contribution in [0.2, 0.25) is 0 Å². The van der Waals surface area contributed by atoms with Crippen LogP contribution in [0.3, 0.4) is 0 Å². The van der Waals surface area contributed by atoms with Crippen molar-refractivity contribution in [3.05, 3.63) is 29.3 Å². The molecule has 0 aromatic heterocycles. The van der Waals surface area contributed by atoms with E-state index in [0.717, 1.165) is 11.1 Å². The minimum absolute atomic E-state index is 0.225. The molecule has 0 fully saturated rings. The number of nitrogens with zero attached hydrogens (tertiary/aromatic N) is 2. The van der Waals surface area contributed by atoms with Gasteiger partial charge >= 0.3 is 0 Å². The van der Waals surface area contributed by atoms with Crippen LogP contribution in [-0.4, -0.2) is 25.8 Å². The van der Waals surface area contributed by atoms with E-state index in [2.05, 4.69) is 6.07 Å². The largest absolute Gasteiger partial charge is 0.243 e. The molecule has 1 unspecified atom stereocenters. The molecular weight excluding hydrogens is 260 g/mol. The molecular formula is C14H20N2O2S. The number of rotatable bonds is 5. The van der Waals surface area contributed by atoms with E-state index in [-0.39, 0.29) is 12.5 Å². The van der Waals surface area contributed by atoms with Crippen molar-refractivity contribution in [3.63, 3.8) is 0 Å². The first kappa shape index (κ1) is 15.7. The second kappa shape index (κ2) is 6.18. The van der Waals surface area contributed by atoms with Crippen molar-refractivity contribution >= 4 is 10.0 Å². The Balaban J connectivity index is 3.21. The molecule has 0 spiro atoms. The molecule has 0 radical (unpaired) electrons. The van der Waals surface area contributed by atoms with Gasteiger partial charge in [0.25, 0.3) is 0 Å². The molecule has 1 aromatic rings. The van der Waals surface area contributed by atoms with E-state index in [0.29, 0.717) is 11.4 Å². The van der Waals surface area contributed by atoms with Gasteiger partial charge in [0.2, 0.25) is 10.0 Å². The van der Waals surface area contributed by atoms with E-state index < -0.39 is 10.0 Å². The molecule has 4 nitrogen and oxygen atoms in total. The Labute approximate surface area is 115 Å². The van der Waals surface area contributed by atoms with Crippen LogP contribution < -0.4 is 0 Å². The normalized spacial score (nSPS) is 13.3. The van der Waals surface area contributed by atoms with Crippen molar-refractivity contribution in [3.8, 4) is 6.07 Å². The molecule has 0 aliphatic rings. The van der Waals surface area contributed by atoms with Gasteiger partial charge in [-0.05, 0) is 38.0 Å². The molecule has 0 saturated carbocycles. The van der Waals surface area contributed by atoms with Crippen molar-refractivity contribution in [1.82, 2.24) is 4.31 Å². The minimum atomic E-state index is -3.53. The van der Waals surface area contributed by atoms with Crippen LogP contribution in [0.5, 0.6) is 0 Å². The van der Waals surface area contributed by atoms with E-state index in [9.17, 15) is 8.42 Å². The summed E-state index contributed by atoms with van der Waals surface area (Å²) in [7, 11) is -3.53. The lowest BCUT2D eigenvalue weighted by Crippen LogP contribution is -2.34. The summed E-state index contributed by atoms with van der Waals surface area (Å²) in [5.74, 6) is -0.320. The highest BCUT2D eigenvalue weighted by atomic mass is 32.2. The van der Waals surface area contributed by atoms with Crippen LogP contribution in [0.25, 0.3) is 0 Å². The summed E-state index contributed by atoms with van der Waals surface area (Å²) in [4.78, 5) is 0.333. The maximum absolute atomic E-state index is 12.6. The summed E-state index contributed by atoms with van der Waals surface area (Å²) in [5.41, 5.74) is 1.64. The summed E-state index contributed by atoms with van der Waals surface area (Å²) < 4.78 is 26.6.